The molecule has 0 N–H and O–H groups in total. The van der Waals surface area contributed by atoms with Gasteiger partial charge in [0.1, 0.15) is 17.6 Å². The van der Waals surface area contributed by atoms with Gasteiger partial charge >= 0.3 is 12.1 Å². The van der Waals surface area contributed by atoms with E-state index in [2.05, 4.69) is 0 Å². The minimum atomic E-state index is -4.57. The predicted molar refractivity (Wildman–Crippen MR) is 98.9 cm³/mol. The summed E-state index contributed by atoms with van der Waals surface area (Å²) < 4.78 is 49.8. The molecule has 2 aliphatic rings. The zero-order valence-corrected chi connectivity index (χ0v) is 16.2. The summed E-state index contributed by atoms with van der Waals surface area (Å²) in [5.41, 5.74) is -0.918. The second-order valence-electron chi connectivity index (χ2n) is 7.45. The number of hydrogen-bond donors (Lipinski definition) is 0. The topological polar surface area (TPSA) is 55.8 Å². The van der Waals surface area contributed by atoms with Crippen LogP contribution in [-0.2, 0) is 20.5 Å². The Labute approximate surface area is 167 Å². The third-order valence-corrected chi connectivity index (χ3v) is 5.46. The molecule has 5 nitrogen and oxygen atoms in total. The Kier molecular flexibility index (Phi) is 6.49. The lowest BCUT2D eigenvalue weighted by molar-refractivity contribution is -0.151. The molecule has 1 aromatic rings. The zero-order valence-electron chi connectivity index (χ0n) is 16.2. The molecule has 1 heterocycles. The molecule has 0 saturated heterocycles. The number of halogens is 3. The van der Waals surface area contributed by atoms with Crippen molar-refractivity contribution < 1.29 is 32.2 Å². The Bertz CT molecular complexity index is 784. The van der Waals surface area contributed by atoms with E-state index in [9.17, 15) is 22.8 Å². The van der Waals surface area contributed by atoms with Gasteiger partial charge in [-0.3, -0.25) is 4.79 Å². The van der Waals surface area contributed by atoms with Crippen molar-refractivity contribution in [3.63, 3.8) is 0 Å². The fraction of sp³-hybridized carbons (Fsp3) is 0.524. The highest BCUT2D eigenvalue weighted by Crippen LogP contribution is 2.37. The van der Waals surface area contributed by atoms with Gasteiger partial charge in [0.05, 0.1) is 19.2 Å². The van der Waals surface area contributed by atoms with Gasteiger partial charge in [-0.1, -0.05) is 44.2 Å². The Hall–Kier alpha value is -2.51. The number of nitrogens with zero attached hydrogens (tertiary/aromatic N) is 1. The Morgan fingerprint density at radius 3 is 2.55 bits per heavy atom. The van der Waals surface area contributed by atoms with E-state index in [1.54, 1.807) is 0 Å². The molecular formula is C21H24F3NO4. The first kappa shape index (κ1) is 21.2. The van der Waals surface area contributed by atoms with Crippen molar-refractivity contribution >= 4 is 11.9 Å². The minimum Gasteiger partial charge on any atom is -0.467 e. The number of carbonyl (C=O) groups excluding carboxylic acids is 2. The molecule has 0 bridgehead atoms. The molecule has 29 heavy (non-hydrogen) atoms. The highest BCUT2D eigenvalue weighted by molar-refractivity contribution is 5.94. The maximum atomic E-state index is 13.2. The van der Waals surface area contributed by atoms with Gasteiger partial charge in [-0.15, -0.1) is 0 Å². The molecule has 8 heteroatoms. The number of alkyl halides is 3. The highest BCUT2D eigenvalue weighted by Gasteiger charge is 2.38. The summed E-state index contributed by atoms with van der Waals surface area (Å²) >= 11 is 0. The SMILES string of the molecule is COC(=O)C(CC1CCCCC1)N1CC(Oc2ccccc2C(F)(F)F)=CC1=O. The standard InChI is InChI=1S/C21H24F3NO4/c1-28-20(27)17(11-14-7-3-2-4-8-14)25-13-15(12-19(25)26)29-18-10-6-5-9-16(18)21(22,23)24/h5-6,9-10,12,14,17H,2-4,7-8,11,13H2,1H3. The summed E-state index contributed by atoms with van der Waals surface area (Å²) in [7, 11) is 1.27. The lowest BCUT2D eigenvalue weighted by Gasteiger charge is -2.30. The fourth-order valence-corrected chi connectivity index (χ4v) is 3.99. The molecule has 0 spiro atoms. The minimum absolute atomic E-state index is 0.0719. The van der Waals surface area contributed by atoms with E-state index >= 15 is 0 Å². The number of esters is 1. The maximum Gasteiger partial charge on any atom is 0.419 e. The van der Waals surface area contributed by atoms with Crippen LogP contribution in [0.15, 0.2) is 36.1 Å². The number of rotatable bonds is 6. The van der Waals surface area contributed by atoms with Crippen LogP contribution in [-0.4, -0.2) is 36.5 Å². The van der Waals surface area contributed by atoms with E-state index in [-0.39, 0.29) is 18.1 Å². The van der Waals surface area contributed by atoms with Crippen molar-refractivity contribution in [2.45, 2.75) is 50.7 Å². The summed E-state index contributed by atoms with van der Waals surface area (Å²) in [5, 5.41) is 0. The molecule has 3 rings (SSSR count). The second-order valence-corrected chi connectivity index (χ2v) is 7.45. The Morgan fingerprint density at radius 2 is 1.90 bits per heavy atom. The first-order valence-electron chi connectivity index (χ1n) is 9.72. The van der Waals surface area contributed by atoms with Crippen LogP contribution in [0.1, 0.15) is 44.1 Å². The van der Waals surface area contributed by atoms with Crippen LogP contribution in [0.5, 0.6) is 5.75 Å². The fourth-order valence-electron chi connectivity index (χ4n) is 3.99. The van der Waals surface area contributed by atoms with Gasteiger partial charge in [0.2, 0.25) is 0 Å². The lowest BCUT2D eigenvalue weighted by Crippen LogP contribution is -2.44. The van der Waals surface area contributed by atoms with Crippen molar-refractivity contribution in [1.29, 1.82) is 0 Å². The first-order chi connectivity index (χ1) is 13.8. The van der Waals surface area contributed by atoms with E-state index in [1.807, 2.05) is 0 Å². The number of para-hydroxylation sites is 1. The summed E-state index contributed by atoms with van der Waals surface area (Å²) in [5.74, 6) is -0.964. The molecule has 1 fully saturated rings. The summed E-state index contributed by atoms with van der Waals surface area (Å²) in [6.07, 6.45) is 2.38. The largest absolute Gasteiger partial charge is 0.467 e. The van der Waals surface area contributed by atoms with E-state index in [0.29, 0.717) is 12.3 Å². The van der Waals surface area contributed by atoms with Crippen molar-refractivity contribution in [2.24, 2.45) is 5.92 Å². The second kappa shape index (κ2) is 8.88. The molecular weight excluding hydrogens is 387 g/mol. The van der Waals surface area contributed by atoms with Crippen LogP contribution in [0.3, 0.4) is 0 Å². The monoisotopic (exact) mass is 411 g/mol. The number of benzene rings is 1. The van der Waals surface area contributed by atoms with Crippen LogP contribution in [0.25, 0.3) is 0 Å². The van der Waals surface area contributed by atoms with E-state index in [4.69, 9.17) is 9.47 Å². The number of carbonyl (C=O) groups is 2. The molecule has 158 valence electrons. The van der Waals surface area contributed by atoms with Crippen LogP contribution in [0.2, 0.25) is 0 Å². The van der Waals surface area contributed by atoms with Gasteiger partial charge in [-0.05, 0) is 24.5 Å². The van der Waals surface area contributed by atoms with Gasteiger partial charge in [0.25, 0.3) is 5.91 Å². The first-order valence-corrected chi connectivity index (χ1v) is 9.72. The van der Waals surface area contributed by atoms with E-state index in [0.717, 1.165) is 37.8 Å². The van der Waals surface area contributed by atoms with Crippen LogP contribution >= 0.6 is 0 Å². The number of amides is 1. The van der Waals surface area contributed by atoms with Gasteiger partial charge in [0.15, 0.2) is 0 Å². The van der Waals surface area contributed by atoms with E-state index in [1.165, 1.54) is 36.6 Å². The summed E-state index contributed by atoms with van der Waals surface area (Å²) in [6.45, 7) is -0.0719. The molecule has 1 aliphatic carbocycles. The third kappa shape index (κ3) is 5.10. The molecule has 0 radical (unpaired) electrons. The smallest absolute Gasteiger partial charge is 0.419 e. The molecule has 1 aromatic carbocycles. The van der Waals surface area contributed by atoms with E-state index < -0.39 is 29.7 Å². The van der Waals surface area contributed by atoms with Gasteiger partial charge in [0, 0.05) is 6.08 Å². The molecule has 0 aromatic heterocycles. The maximum absolute atomic E-state index is 13.2. The molecule has 1 saturated carbocycles. The van der Waals surface area contributed by atoms with Crippen LogP contribution < -0.4 is 4.74 Å². The van der Waals surface area contributed by atoms with Gasteiger partial charge in [-0.25, -0.2) is 4.79 Å². The van der Waals surface area contributed by atoms with Gasteiger partial charge < -0.3 is 14.4 Å². The average molecular weight is 411 g/mol. The average Bonchev–Trinajstić information content (AvgIpc) is 3.05. The Morgan fingerprint density at radius 1 is 1.21 bits per heavy atom. The van der Waals surface area contributed by atoms with Gasteiger partial charge in [-0.2, -0.15) is 13.2 Å². The van der Waals surface area contributed by atoms with Crippen molar-refractivity contribution in [1.82, 2.24) is 4.90 Å². The summed E-state index contributed by atoms with van der Waals surface area (Å²) in [4.78, 5) is 26.2. The third-order valence-electron chi connectivity index (χ3n) is 5.46. The number of methoxy groups -OCH3 is 1. The van der Waals surface area contributed by atoms with Crippen molar-refractivity contribution in [3.05, 3.63) is 41.7 Å². The predicted octanol–water partition coefficient (Wildman–Crippen LogP) is 4.32. The number of hydrogen-bond acceptors (Lipinski definition) is 4. The zero-order chi connectivity index (χ0) is 21.0. The lowest BCUT2D eigenvalue weighted by atomic mass is 9.84. The Balaban J connectivity index is 1.73. The highest BCUT2D eigenvalue weighted by atomic mass is 19.4. The number of ether oxygens (including phenoxy) is 2. The molecule has 1 amide bonds. The summed E-state index contributed by atoms with van der Waals surface area (Å²) in [6, 6.07) is 4.06. The molecule has 1 aliphatic heterocycles. The van der Waals surface area contributed by atoms with Crippen molar-refractivity contribution in [2.75, 3.05) is 13.7 Å². The normalized spacial score (nSPS) is 19.1. The van der Waals surface area contributed by atoms with Crippen LogP contribution in [0.4, 0.5) is 13.2 Å². The molecule has 1 atom stereocenters. The van der Waals surface area contributed by atoms with Crippen molar-refractivity contribution in [3.8, 4) is 5.75 Å². The quantitative estimate of drug-likeness (QED) is 0.654. The van der Waals surface area contributed by atoms with Crippen LogP contribution in [0, 0.1) is 5.92 Å². The molecule has 1 unspecified atom stereocenters.